The largest absolute Gasteiger partial charge is 0.356 e. The van der Waals surface area contributed by atoms with E-state index < -0.39 is 17.5 Å². The summed E-state index contributed by atoms with van der Waals surface area (Å²) in [4.78, 5) is 29.6. The van der Waals surface area contributed by atoms with Gasteiger partial charge in [-0.1, -0.05) is 0 Å². The van der Waals surface area contributed by atoms with Gasteiger partial charge in [0.05, 0.1) is 12.7 Å². The topological polar surface area (TPSA) is 67.2 Å². The quantitative estimate of drug-likeness (QED) is 0.786. The van der Waals surface area contributed by atoms with Crippen LogP contribution in [0.4, 0.5) is 13.2 Å². The molecule has 2 atom stereocenters. The van der Waals surface area contributed by atoms with Crippen LogP contribution in [0.15, 0.2) is 24.7 Å². The number of imidazole rings is 1. The monoisotopic (exact) mass is 394 g/mol. The van der Waals surface area contributed by atoms with Crippen LogP contribution < -0.4 is 5.32 Å². The normalized spacial score (nSPS) is 19.1. The van der Waals surface area contributed by atoms with Crippen LogP contribution in [-0.4, -0.2) is 45.9 Å². The summed E-state index contributed by atoms with van der Waals surface area (Å²) in [6.45, 7) is 2.53. The van der Waals surface area contributed by atoms with Gasteiger partial charge in [0.1, 0.15) is 5.82 Å². The van der Waals surface area contributed by atoms with Crippen molar-refractivity contribution >= 4 is 11.8 Å². The van der Waals surface area contributed by atoms with Gasteiger partial charge < -0.3 is 14.8 Å². The molecule has 1 aliphatic rings. The van der Waals surface area contributed by atoms with E-state index in [9.17, 15) is 22.8 Å². The Morgan fingerprint density at radius 2 is 1.89 bits per heavy atom. The van der Waals surface area contributed by atoms with Crippen LogP contribution in [0.3, 0.4) is 0 Å². The lowest BCUT2D eigenvalue weighted by molar-refractivity contribution is -0.129. The summed E-state index contributed by atoms with van der Waals surface area (Å²) in [6, 6.07) is 1.16. The number of carbonyl (C=O) groups excluding carboxylic acids is 2. The van der Waals surface area contributed by atoms with Crippen molar-refractivity contribution < 1.29 is 22.8 Å². The lowest BCUT2D eigenvalue weighted by Crippen LogP contribution is -2.33. The average molecular weight is 394 g/mol. The lowest BCUT2D eigenvalue weighted by atomic mass is 9.93. The molecule has 9 heteroatoms. The molecule has 2 amide bonds. The van der Waals surface area contributed by atoms with Crippen molar-refractivity contribution in [3.05, 3.63) is 53.4 Å². The Kier molecular flexibility index (Phi) is 5.71. The summed E-state index contributed by atoms with van der Waals surface area (Å²) in [5.74, 6) is -4.09. The zero-order valence-corrected chi connectivity index (χ0v) is 15.6. The molecule has 1 fully saturated rings. The maximum absolute atomic E-state index is 13.9. The Bertz CT molecular complexity index is 899. The van der Waals surface area contributed by atoms with Gasteiger partial charge in [-0.2, -0.15) is 0 Å². The molecule has 150 valence electrons. The van der Waals surface area contributed by atoms with Crippen molar-refractivity contribution in [1.29, 1.82) is 0 Å². The molecule has 3 rings (SSSR count). The van der Waals surface area contributed by atoms with E-state index in [2.05, 4.69) is 10.3 Å². The molecule has 0 aliphatic carbocycles. The molecule has 1 saturated heterocycles. The standard InChI is InChI=1S/C19H21F3N4O2/c1-11(27)24-6-13-8-26(9-14(13)18-7-23-10-25(18)2)19(28)4-12-3-16(21)17(22)5-15(12)20/h3,5,7,10,13-14H,4,6,8-9H2,1-2H3,(H,24,27)/t13-,14-/m1/s1. The summed E-state index contributed by atoms with van der Waals surface area (Å²) in [7, 11) is 1.85. The van der Waals surface area contributed by atoms with Crippen LogP contribution in [-0.2, 0) is 23.1 Å². The van der Waals surface area contributed by atoms with Gasteiger partial charge >= 0.3 is 0 Å². The third-order valence-corrected chi connectivity index (χ3v) is 5.07. The summed E-state index contributed by atoms with van der Waals surface area (Å²) >= 11 is 0. The first-order valence-electron chi connectivity index (χ1n) is 8.88. The van der Waals surface area contributed by atoms with E-state index >= 15 is 0 Å². The predicted molar refractivity (Wildman–Crippen MR) is 94.7 cm³/mol. The number of amides is 2. The first-order valence-corrected chi connectivity index (χ1v) is 8.88. The third-order valence-electron chi connectivity index (χ3n) is 5.07. The zero-order valence-electron chi connectivity index (χ0n) is 15.6. The van der Waals surface area contributed by atoms with Crippen LogP contribution in [0.2, 0.25) is 0 Å². The maximum atomic E-state index is 13.9. The van der Waals surface area contributed by atoms with Gasteiger partial charge in [-0.15, -0.1) is 0 Å². The van der Waals surface area contributed by atoms with Crippen LogP contribution in [0, 0.1) is 23.4 Å². The molecule has 1 N–H and O–H groups in total. The van der Waals surface area contributed by atoms with Crippen molar-refractivity contribution in [2.24, 2.45) is 13.0 Å². The fraction of sp³-hybridized carbons (Fsp3) is 0.421. The number of aromatic nitrogens is 2. The number of benzene rings is 1. The number of rotatable bonds is 5. The second-order valence-corrected chi connectivity index (χ2v) is 7.07. The highest BCUT2D eigenvalue weighted by Gasteiger charge is 2.37. The maximum Gasteiger partial charge on any atom is 0.227 e. The molecule has 1 aromatic heterocycles. The Morgan fingerprint density at radius 1 is 1.18 bits per heavy atom. The first kappa shape index (κ1) is 19.9. The van der Waals surface area contributed by atoms with Gasteiger partial charge in [0.25, 0.3) is 0 Å². The molecule has 0 spiro atoms. The fourth-order valence-corrected chi connectivity index (χ4v) is 3.59. The molecular formula is C19H21F3N4O2. The smallest absolute Gasteiger partial charge is 0.227 e. The third kappa shape index (κ3) is 4.18. The van der Waals surface area contributed by atoms with Gasteiger partial charge in [0, 0.05) is 69.0 Å². The fourth-order valence-electron chi connectivity index (χ4n) is 3.59. The molecule has 28 heavy (non-hydrogen) atoms. The summed E-state index contributed by atoms with van der Waals surface area (Å²) in [6.07, 6.45) is 3.01. The number of nitrogens with zero attached hydrogens (tertiary/aromatic N) is 3. The lowest BCUT2D eigenvalue weighted by Gasteiger charge is -2.18. The predicted octanol–water partition coefficient (Wildman–Crippen LogP) is 1.76. The van der Waals surface area contributed by atoms with E-state index in [1.54, 1.807) is 17.4 Å². The number of likely N-dealkylation sites (tertiary alicyclic amines) is 1. The number of hydrogen-bond donors (Lipinski definition) is 1. The Labute approximate surface area is 160 Å². The van der Waals surface area contributed by atoms with E-state index in [4.69, 9.17) is 0 Å². The average Bonchev–Trinajstić information content (AvgIpc) is 3.23. The highest BCUT2D eigenvalue weighted by Crippen LogP contribution is 2.32. The van der Waals surface area contributed by atoms with E-state index in [-0.39, 0.29) is 35.6 Å². The summed E-state index contributed by atoms with van der Waals surface area (Å²) < 4.78 is 42.2. The molecular weight excluding hydrogens is 373 g/mol. The van der Waals surface area contributed by atoms with E-state index in [0.29, 0.717) is 31.8 Å². The highest BCUT2D eigenvalue weighted by molar-refractivity contribution is 5.79. The van der Waals surface area contributed by atoms with Gasteiger partial charge in [0.2, 0.25) is 11.8 Å². The molecule has 2 aromatic rings. The van der Waals surface area contributed by atoms with E-state index in [0.717, 1.165) is 5.69 Å². The highest BCUT2D eigenvalue weighted by atomic mass is 19.2. The van der Waals surface area contributed by atoms with Crippen LogP contribution in [0.5, 0.6) is 0 Å². The second-order valence-electron chi connectivity index (χ2n) is 7.07. The van der Waals surface area contributed by atoms with Crippen molar-refractivity contribution in [2.45, 2.75) is 19.3 Å². The SMILES string of the molecule is CC(=O)NC[C@@H]1CN(C(=O)Cc2cc(F)c(F)cc2F)C[C@H]1c1cncn1C. The molecule has 1 aromatic carbocycles. The summed E-state index contributed by atoms with van der Waals surface area (Å²) in [5, 5.41) is 2.77. The molecule has 6 nitrogen and oxygen atoms in total. The second kappa shape index (κ2) is 8.04. The molecule has 0 saturated carbocycles. The molecule has 1 aliphatic heterocycles. The van der Waals surface area contributed by atoms with Gasteiger partial charge in [-0.25, -0.2) is 18.2 Å². The van der Waals surface area contributed by atoms with Crippen molar-refractivity contribution in [3.8, 4) is 0 Å². The Hall–Kier alpha value is -2.84. The Balaban J connectivity index is 1.76. The first-order chi connectivity index (χ1) is 13.3. The van der Waals surface area contributed by atoms with Crippen molar-refractivity contribution in [2.75, 3.05) is 19.6 Å². The minimum Gasteiger partial charge on any atom is -0.356 e. The van der Waals surface area contributed by atoms with Crippen LogP contribution in [0.1, 0.15) is 24.1 Å². The van der Waals surface area contributed by atoms with E-state index in [1.807, 2.05) is 11.6 Å². The van der Waals surface area contributed by atoms with Crippen LogP contribution in [0.25, 0.3) is 0 Å². The summed E-state index contributed by atoms with van der Waals surface area (Å²) in [5.41, 5.74) is 0.732. The molecule has 0 unspecified atom stereocenters. The molecule has 2 heterocycles. The molecule has 0 bridgehead atoms. The Morgan fingerprint density at radius 3 is 2.54 bits per heavy atom. The zero-order chi connectivity index (χ0) is 20.4. The number of halogens is 3. The number of carbonyl (C=O) groups is 2. The number of hydrogen-bond acceptors (Lipinski definition) is 3. The van der Waals surface area contributed by atoms with Gasteiger partial charge in [0.15, 0.2) is 11.6 Å². The van der Waals surface area contributed by atoms with E-state index in [1.165, 1.54) is 6.92 Å². The van der Waals surface area contributed by atoms with Crippen molar-refractivity contribution in [3.63, 3.8) is 0 Å². The van der Waals surface area contributed by atoms with Gasteiger partial charge in [-0.05, 0) is 6.07 Å². The van der Waals surface area contributed by atoms with Crippen molar-refractivity contribution in [1.82, 2.24) is 19.8 Å². The number of nitrogens with one attached hydrogen (secondary N) is 1. The molecule has 0 radical (unpaired) electrons. The van der Waals surface area contributed by atoms with Gasteiger partial charge in [-0.3, -0.25) is 9.59 Å². The minimum atomic E-state index is -1.29. The minimum absolute atomic E-state index is 0.0435. The number of aryl methyl sites for hydroxylation is 1. The van der Waals surface area contributed by atoms with Crippen LogP contribution >= 0.6 is 0 Å².